The number of amides is 2. The summed E-state index contributed by atoms with van der Waals surface area (Å²) in [5.74, 6) is 0.192. The van der Waals surface area contributed by atoms with Gasteiger partial charge >= 0.3 is 0 Å². The average molecular weight is 555 g/mol. The van der Waals surface area contributed by atoms with E-state index in [1.54, 1.807) is 11.0 Å². The van der Waals surface area contributed by atoms with E-state index in [9.17, 15) is 9.59 Å². The lowest BCUT2D eigenvalue weighted by Gasteiger charge is -2.35. The summed E-state index contributed by atoms with van der Waals surface area (Å²) in [5.41, 5.74) is 2.77. The number of carbonyl (C=O) groups excluding carboxylic acids is 2. The highest BCUT2D eigenvalue weighted by molar-refractivity contribution is 6.34. The Morgan fingerprint density at radius 3 is 2.74 bits per heavy atom. The van der Waals surface area contributed by atoms with Crippen LogP contribution in [0.3, 0.4) is 0 Å². The number of aromatic nitrogens is 2. The highest BCUT2D eigenvalue weighted by atomic mass is 35.5. The Morgan fingerprint density at radius 2 is 1.97 bits per heavy atom. The standard InChI is InChI=1S/C28H31ClN4O6/c1-19-13-21(39-17-20-5-3-2-4-6-20)7-8-24(19)31-27(34)26-23(29)14-30-33(26)16-22-15-32(9-10-37-22)28(35)25-18-36-11-12-38-25/h2-8,13-14,22,25H,9-12,15-18H2,1H3,(H,31,34). The lowest BCUT2D eigenvalue weighted by atomic mass is 10.2. The van der Waals surface area contributed by atoms with Gasteiger partial charge in [-0.15, -0.1) is 0 Å². The van der Waals surface area contributed by atoms with Crippen molar-refractivity contribution in [2.24, 2.45) is 0 Å². The molecule has 11 heteroatoms. The van der Waals surface area contributed by atoms with Crippen molar-refractivity contribution in [1.29, 1.82) is 0 Å². The second-order valence-corrected chi connectivity index (χ2v) is 9.85. The van der Waals surface area contributed by atoms with Crippen LogP contribution in [0.1, 0.15) is 21.6 Å². The highest BCUT2D eigenvalue weighted by Gasteiger charge is 2.32. The lowest BCUT2D eigenvalue weighted by molar-refractivity contribution is -0.164. The van der Waals surface area contributed by atoms with Crippen LogP contribution < -0.4 is 10.1 Å². The fraction of sp³-hybridized carbons (Fsp3) is 0.393. The maximum Gasteiger partial charge on any atom is 0.275 e. The predicted molar refractivity (Wildman–Crippen MR) is 144 cm³/mol. The monoisotopic (exact) mass is 554 g/mol. The number of carbonyl (C=O) groups is 2. The van der Waals surface area contributed by atoms with Crippen LogP contribution in [-0.2, 0) is 32.2 Å². The smallest absolute Gasteiger partial charge is 0.275 e. The molecule has 0 spiro atoms. The molecule has 39 heavy (non-hydrogen) atoms. The fourth-order valence-electron chi connectivity index (χ4n) is 4.57. The third-order valence-electron chi connectivity index (χ3n) is 6.62. The van der Waals surface area contributed by atoms with Gasteiger partial charge in [0.05, 0.1) is 50.3 Å². The SMILES string of the molecule is Cc1cc(OCc2ccccc2)ccc1NC(=O)c1c(Cl)cnn1CC1CN(C(=O)C2COCCO2)CCO1. The molecular weight excluding hydrogens is 524 g/mol. The van der Waals surface area contributed by atoms with E-state index in [0.29, 0.717) is 51.0 Å². The number of ether oxygens (including phenoxy) is 4. The second-order valence-electron chi connectivity index (χ2n) is 9.44. The van der Waals surface area contributed by atoms with Crippen LogP contribution in [0.4, 0.5) is 5.69 Å². The van der Waals surface area contributed by atoms with Gasteiger partial charge in [0, 0.05) is 18.8 Å². The van der Waals surface area contributed by atoms with Crippen LogP contribution in [0.5, 0.6) is 5.75 Å². The molecule has 2 atom stereocenters. The number of rotatable bonds is 8. The number of hydrogen-bond acceptors (Lipinski definition) is 7. The Hall–Kier alpha value is -3.44. The fourth-order valence-corrected chi connectivity index (χ4v) is 4.80. The summed E-state index contributed by atoms with van der Waals surface area (Å²) in [6.45, 7) is 4.93. The summed E-state index contributed by atoms with van der Waals surface area (Å²) in [4.78, 5) is 27.8. The molecule has 1 aromatic heterocycles. The van der Waals surface area contributed by atoms with E-state index in [2.05, 4.69) is 10.4 Å². The second kappa shape index (κ2) is 12.6. The summed E-state index contributed by atoms with van der Waals surface area (Å²) in [6.07, 6.45) is 0.469. The topological polar surface area (TPSA) is 104 Å². The zero-order chi connectivity index (χ0) is 27.2. The van der Waals surface area contributed by atoms with E-state index in [-0.39, 0.29) is 35.9 Å². The molecule has 0 bridgehead atoms. The first-order valence-electron chi connectivity index (χ1n) is 12.9. The quantitative estimate of drug-likeness (QED) is 0.455. The van der Waals surface area contributed by atoms with Gasteiger partial charge in [-0.3, -0.25) is 14.3 Å². The van der Waals surface area contributed by atoms with Crippen LogP contribution in [0, 0.1) is 6.92 Å². The first-order chi connectivity index (χ1) is 19.0. The summed E-state index contributed by atoms with van der Waals surface area (Å²) in [5, 5.41) is 7.45. The predicted octanol–water partition coefficient (Wildman–Crippen LogP) is 3.32. The van der Waals surface area contributed by atoms with Crippen molar-refractivity contribution in [2.45, 2.75) is 32.3 Å². The zero-order valence-electron chi connectivity index (χ0n) is 21.7. The number of anilines is 1. The molecule has 2 aliphatic heterocycles. The molecule has 10 nitrogen and oxygen atoms in total. The lowest BCUT2D eigenvalue weighted by Crippen LogP contribution is -2.52. The molecular formula is C28H31ClN4O6. The van der Waals surface area contributed by atoms with Crippen molar-refractivity contribution in [2.75, 3.05) is 44.8 Å². The molecule has 206 valence electrons. The largest absolute Gasteiger partial charge is 0.489 e. The van der Waals surface area contributed by atoms with Gasteiger partial charge in [0.15, 0.2) is 6.10 Å². The van der Waals surface area contributed by atoms with E-state index in [4.69, 9.17) is 30.5 Å². The molecule has 3 aromatic rings. The van der Waals surface area contributed by atoms with Gasteiger partial charge in [-0.05, 0) is 36.2 Å². The third-order valence-corrected chi connectivity index (χ3v) is 6.90. The minimum absolute atomic E-state index is 0.119. The van der Waals surface area contributed by atoms with Crippen LogP contribution in [0.15, 0.2) is 54.7 Å². The van der Waals surface area contributed by atoms with Crippen LogP contribution in [0.2, 0.25) is 5.02 Å². The molecule has 2 aromatic carbocycles. The summed E-state index contributed by atoms with van der Waals surface area (Å²) in [7, 11) is 0. The van der Waals surface area contributed by atoms with Crippen molar-refractivity contribution < 1.29 is 28.5 Å². The van der Waals surface area contributed by atoms with Crippen molar-refractivity contribution >= 4 is 29.1 Å². The van der Waals surface area contributed by atoms with E-state index < -0.39 is 12.0 Å². The molecule has 2 amide bonds. The number of nitrogens with one attached hydrogen (secondary N) is 1. The minimum atomic E-state index is -0.601. The number of halogens is 1. The Bertz CT molecular complexity index is 1290. The van der Waals surface area contributed by atoms with Gasteiger partial charge in [0.1, 0.15) is 18.1 Å². The van der Waals surface area contributed by atoms with Crippen molar-refractivity contribution in [3.63, 3.8) is 0 Å². The van der Waals surface area contributed by atoms with Gasteiger partial charge in [0.25, 0.3) is 11.8 Å². The maximum absolute atomic E-state index is 13.3. The van der Waals surface area contributed by atoms with Crippen molar-refractivity contribution in [1.82, 2.24) is 14.7 Å². The van der Waals surface area contributed by atoms with Crippen molar-refractivity contribution in [3.05, 3.63) is 76.6 Å². The molecule has 2 unspecified atom stereocenters. The molecule has 3 heterocycles. The number of hydrogen-bond donors (Lipinski definition) is 1. The minimum Gasteiger partial charge on any atom is -0.489 e. The maximum atomic E-state index is 13.3. The molecule has 0 saturated carbocycles. The van der Waals surface area contributed by atoms with E-state index >= 15 is 0 Å². The molecule has 0 radical (unpaired) electrons. The molecule has 0 aliphatic carbocycles. The molecule has 2 saturated heterocycles. The van der Waals surface area contributed by atoms with Crippen LogP contribution >= 0.6 is 11.6 Å². The third kappa shape index (κ3) is 6.77. The van der Waals surface area contributed by atoms with E-state index in [0.717, 1.165) is 11.1 Å². The number of nitrogens with zero attached hydrogens (tertiary/aromatic N) is 3. The first-order valence-corrected chi connectivity index (χ1v) is 13.3. The Kier molecular flexibility index (Phi) is 8.77. The van der Waals surface area contributed by atoms with E-state index in [1.807, 2.05) is 49.4 Å². The normalized spacial score (nSPS) is 19.5. The molecule has 2 fully saturated rings. The Morgan fingerprint density at radius 1 is 1.13 bits per heavy atom. The summed E-state index contributed by atoms with van der Waals surface area (Å²) >= 11 is 6.37. The molecule has 1 N–H and O–H groups in total. The first kappa shape index (κ1) is 27.1. The summed E-state index contributed by atoms with van der Waals surface area (Å²) in [6, 6.07) is 15.4. The van der Waals surface area contributed by atoms with Gasteiger partial charge in [-0.2, -0.15) is 5.10 Å². The molecule has 2 aliphatic rings. The van der Waals surface area contributed by atoms with Crippen LogP contribution in [-0.4, -0.2) is 78.2 Å². The molecule has 5 rings (SSSR count). The highest BCUT2D eigenvalue weighted by Crippen LogP contribution is 2.25. The Labute approximate surface area is 231 Å². The summed E-state index contributed by atoms with van der Waals surface area (Å²) < 4.78 is 24.2. The van der Waals surface area contributed by atoms with Gasteiger partial charge < -0.3 is 29.2 Å². The average Bonchev–Trinajstić information content (AvgIpc) is 3.33. The van der Waals surface area contributed by atoms with Crippen LogP contribution in [0.25, 0.3) is 0 Å². The number of benzene rings is 2. The Balaban J connectivity index is 1.21. The van der Waals surface area contributed by atoms with Crippen molar-refractivity contribution in [3.8, 4) is 5.75 Å². The zero-order valence-corrected chi connectivity index (χ0v) is 22.4. The van der Waals surface area contributed by atoms with Gasteiger partial charge in [0.2, 0.25) is 0 Å². The van der Waals surface area contributed by atoms with Gasteiger partial charge in [-0.1, -0.05) is 41.9 Å². The van der Waals surface area contributed by atoms with E-state index in [1.165, 1.54) is 10.9 Å². The number of aryl methyl sites for hydroxylation is 1. The van der Waals surface area contributed by atoms with Gasteiger partial charge in [-0.25, -0.2) is 0 Å². The number of morpholine rings is 1.